The summed E-state index contributed by atoms with van der Waals surface area (Å²) < 4.78 is 0. The third-order valence-corrected chi connectivity index (χ3v) is 19.1. The van der Waals surface area contributed by atoms with E-state index in [0.29, 0.717) is 37.8 Å². The Morgan fingerprint density at radius 3 is 1.41 bits per heavy atom. The van der Waals surface area contributed by atoms with Crippen LogP contribution in [0.25, 0.3) is 0 Å². The maximum absolute atomic E-state index is 16.0. The summed E-state index contributed by atoms with van der Waals surface area (Å²) in [5.41, 5.74) is -0.245. The van der Waals surface area contributed by atoms with E-state index in [1.165, 1.54) is 24.5 Å². The molecule has 0 radical (unpaired) electrons. The number of fused-ring (bicyclic) bond motifs is 9. The lowest BCUT2D eigenvalue weighted by Gasteiger charge is -2.37. The van der Waals surface area contributed by atoms with Gasteiger partial charge in [-0.3, -0.25) is 47.9 Å². The molecule has 7 aliphatic rings. The van der Waals surface area contributed by atoms with Gasteiger partial charge in [-0.15, -0.1) is 0 Å². The maximum Gasteiger partial charge on any atom is 0.247 e. The summed E-state index contributed by atoms with van der Waals surface area (Å²) in [7, 11) is 0. The number of nitrogens with one attached hydrogen (secondary N) is 6. The van der Waals surface area contributed by atoms with Gasteiger partial charge in [-0.05, 0) is 132 Å². The monoisotopic (exact) mass is 1240 g/mol. The summed E-state index contributed by atoms with van der Waals surface area (Å²) in [6.45, 7) is 19.1. The topological polar surface area (TPSA) is 279 Å². The van der Waals surface area contributed by atoms with E-state index in [1.807, 2.05) is 102 Å². The van der Waals surface area contributed by atoms with Crippen molar-refractivity contribution in [3.8, 4) is 0 Å². The molecule has 6 fully saturated rings. The first-order valence-electron chi connectivity index (χ1n) is 33.1. The molecule has 7 heterocycles. The van der Waals surface area contributed by atoms with Gasteiger partial charge in [0.25, 0.3) is 0 Å². The first-order chi connectivity index (χ1) is 42.7. The SMILES string of the molecule is CC(C)C[C@@H]1NC(=O)[C@@H]2C[C@]3(C=CC(C)(C)O)c4ccccc4N[C@H]3N2C(=O)[C@@H]2CCCN2C(=O)[C@H](C(C)C)NC(=O)[C@@H]2CCCN2C(=O)[C@H](CC(C)C)NC(=O)[C@@H]2CCCN2C(=O)[C@H](CC(C)C)NC(=O)[C@@H]2CCCN2C(=O)[C@H](Cc2ccccc2)NC1=O. The molecule has 6 saturated heterocycles. The number of amides is 10. The molecule has 0 unspecified atom stereocenters. The van der Waals surface area contributed by atoms with Crippen molar-refractivity contribution in [2.45, 2.75) is 230 Å². The minimum Gasteiger partial charge on any atom is -0.386 e. The Morgan fingerprint density at radius 1 is 0.489 bits per heavy atom. The van der Waals surface area contributed by atoms with Crippen molar-refractivity contribution in [3.63, 3.8) is 0 Å². The molecular weight excluding hydrogens is 1150 g/mol. The highest BCUT2D eigenvalue weighted by molar-refractivity contribution is 6.01. The number of para-hydroxylation sites is 1. The molecule has 2 aromatic carbocycles. The zero-order valence-corrected chi connectivity index (χ0v) is 54.3. The molecule has 22 nitrogen and oxygen atoms in total. The minimum atomic E-state index is -1.32. The summed E-state index contributed by atoms with van der Waals surface area (Å²) in [5, 5.41) is 29.8. The molecule has 0 aliphatic carbocycles. The summed E-state index contributed by atoms with van der Waals surface area (Å²) in [4.78, 5) is 159. The lowest BCUT2D eigenvalue weighted by Crippen LogP contribution is -2.62. The second kappa shape index (κ2) is 28.0. The van der Waals surface area contributed by atoms with Crippen molar-refractivity contribution in [1.29, 1.82) is 0 Å². The number of carbonyl (C=O) groups is 10. The number of nitrogens with zero attached hydrogens (tertiary/aromatic N) is 5. The Morgan fingerprint density at radius 2 is 0.911 bits per heavy atom. The van der Waals surface area contributed by atoms with Crippen molar-refractivity contribution in [2.75, 3.05) is 31.5 Å². The van der Waals surface area contributed by atoms with Crippen LogP contribution in [0.5, 0.6) is 0 Å². The molecule has 2 aromatic rings. The van der Waals surface area contributed by atoms with Crippen molar-refractivity contribution >= 4 is 64.8 Å². The van der Waals surface area contributed by atoms with Crippen LogP contribution in [0, 0.1) is 23.7 Å². The minimum absolute atomic E-state index is 0.00126. The molecule has 10 amide bonds. The Bertz CT molecular complexity index is 3050. The number of hydrogen-bond acceptors (Lipinski definition) is 12. The van der Waals surface area contributed by atoms with Gasteiger partial charge in [0.2, 0.25) is 59.1 Å². The Balaban J connectivity index is 1.12. The lowest BCUT2D eigenvalue weighted by molar-refractivity contribution is -0.150. The first-order valence-corrected chi connectivity index (χ1v) is 33.1. The summed E-state index contributed by atoms with van der Waals surface area (Å²) >= 11 is 0. The molecule has 7 aliphatic heterocycles. The van der Waals surface area contributed by atoms with Gasteiger partial charge in [-0.25, -0.2) is 0 Å². The van der Waals surface area contributed by atoms with Crippen molar-refractivity contribution < 1.29 is 53.1 Å². The van der Waals surface area contributed by atoms with E-state index in [0.717, 1.165) is 11.1 Å². The van der Waals surface area contributed by atoms with Gasteiger partial charge < -0.3 is 61.5 Å². The number of benzene rings is 2. The van der Waals surface area contributed by atoms with E-state index in [-0.39, 0.29) is 95.3 Å². The van der Waals surface area contributed by atoms with Crippen LogP contribution < -0.4 is 31.9 Å². The highest BCUT2D eigenvalue weighted by atomic mass is 16.3. The van der Waals surface area contributed by atoms with Crippen molar-refractivity contribution in [1.82, 2.24) is 51.1 Å². The highest BCUT2D eigenvalue weighted by Gasteiger charge is 2.61. The molecule has 0 bridgehead atoms. The summed E-state index contributed by atoms with van der Waals surface area (Å²) in [6, 6.07) is 5.52. The molecule has 9 rings (SSSR count). The fourth-order valence-corrected chi connectivity index (χ4v) is 14.8. The third kappa shape index (κ3) is 14.5. The molecule has 7 N–H and O–H groups in total. The van der Waals surface area contributed by atoms with E-state index in [1.54, 1.807) is 33.8 Å². The molecular formula is C68H97N11O11. The average Bonchev–Trinajstić information content (AvgIpc) is 1.55. The number of rotatable bonds is 11. The van der Waals surface area contributed by atoms with Gasteiger partial charge in [0, 0.05) is 38.3 Å². The van der Waals surface area contributed by atoms with E-state index >= 15 is 24.0 Å². The van der Waals surface area contributed by atoms with Crippen LogP contribution in [0.4, 0.5) is 5.69 Å². The van der Waals surface area contributed by atoms with Gasteiger partial charge in [0.05, 0.1) is 11.0 Å². The van der Waals surface area contributed by atoms with Gasteiger partial charge in [-0.2, -0.15) is 0 Å². The van der Waals surface area contributed by atoms with Crippen LogP contribution in [0.2, 0.25) is 0 Å². The van der Waals surface area contributed by atoms with Crippen LogP contribution in [0.15, 0.2) is 66.7 Å². The Hall–Kier alpha value is -7.36. The quantitative estimate of drug-likeness (QED) is 0.157. The van der Waals surface area contributed by atoms with Crippen LogP contribution in [-0.2, 0) is 59.8 Å². The summed E-state index contributed by atoms with van der Waals surface area (Å²) in [6.07, 6.45) is 6.08. The molecule has 90 heavy (non-hydrogen) atoms. The fraction of sp³-hybridized carbons (Fsp3) is 0.647. The smallest absolute Gasteiger partial charge is 0.247 e. The first kappa shape index (κ1) is 67.0. The number of aliphatic hydroxyl groups is 1. The Labute approximate surface area is 530 Å². The predicted octanol–water partition coefficient (Wildman–Crippen LogP) is 4.04. The van der Waals surface area contributed by atoms with Crippen molar-refractivity contribution in [2.24, 2.45) is 23.7 Å². The van der Waals surface area contributed by atoms with Gasteiger partial charge in [0.15, 0.2) is 0 Å². The number of hydrogen-bond donors (Lipinski definition) is 7. The maximum atomic E-state index is 16.0. The van der Waals surface area contributed by atoms with Crippen LogP contribution in [-0.4, -0.2) is 187 Å². The van der Waals surface area contributed by atoms with Crippen LogP contribution >= 0.6 is 0 Å². The van der Waals surface area contributed by atoms with E-state index < -0.39 is 143 Å². The zero-order chi connectivity index (χ0) is 65.1. The van der Waals surface area contributed by atoms with E-state index in [4.69, 9.17) is 0 Å². The van der Waals surface area contributed by atoms with Crippen LogP contribution in [0.1, 0.15) is 157 Å². The molecule has 0 aromatic heterocycles. The van der Waals surface area contributed by atoms with Gasteiger partial charge in [-0.1, -0.05) is 116 Å². The highest BCUT2D eigenvalue weighted by Crippen LogP contribution is 2.53. The zero-order valence-electron chi connectivity index (χ0n) is 54.3. The molecule has 12 atom stereocenters. The van der Waals surface area contributed by atoms with E-state index in [9.17, 15) is 29.1 Å². The number of anilines is 1. The molecule has 0 saturated carbocycles. The lowest BCUT2D eigenvalue weighted by atomic mass is 9.77. The third-order valence-electron chi connectivity index (χ3n) is 19.1. The van der Waals surface area contributed by atoms with E-state index in [2.05, 4.69) is 31.9 Å². The second-order valence-corrected chi connectivity index (χ2v) is 28.4. The largest absolute Gasteiger partial charge is 0.386 e. The standard InChI is InChI=1S/C68H97N11O11/c1-39(2)34-46-56(80)70-49(37-43-20-12-11-13-21-43)63(87)76-31-17-25-51(76)58(82)71-47(35-40(3)4)61(85)75-30-16-24-50(75)57(81)72-48(36-41(5)6)62(86)77-32-18-26-52(77)59(83)74-55(42(7)8)65(89)78-33-19-27-53(78)64(88)79-54(60(84)69-46)38-68(29-28-67(9,10)90)44-22-14-15-23-45(44)73-66(68)79/h11-15,20-23,28-29,39-42,46-55,66,73,90H,16-19,24-27,30-38H2,1-10H3,(H,69,84)(H,70,80)(H,71,82)(H,72,81)(H,74,83)/t46-,47-,48-,49-,50-,51-,52-,53-,54-,55-,66-,68+/m0/s1. The van der Waals surface area contributed by atoms with Gasteiger partial charge in [0.1, 0.15) is 66.6 Å². The normalized spacial score (nSPS) is 30.5. The van der Waals surface area contributed by atoms with Crippen molar-refractivity contribution in [3.05, 3.63) is 77.9 Å². The fourth-order valence-electron chi connectivity index (χ4n) is 14.8. The molecule has 22 heteroatoms. The molecule has 0 spiro atoms. The van der Waals surface area contributed by atoms with Gasteiger partial charge >= 0.3 is 0 Å². The van der Waals surface area contributed by atoms with Crippen LogP contribution in [0.3, 0.4) is 0 Å². The molecule has 490 valence electrons. The predicted molar refractivity (Wildman–Crippen MR) is 338 cm³/mol. The summed E-state index contributed by atoms with van der Waals surface area (Å²) in [5.74, 6) is -6.31. The second-order valence-electron chi connectivity index (χ2n) is 28.4. The average molecular weight is 1240 g/mol. The Kier molecular flexibility index (Phi) is 20.9. The number of carbonyl (C=O) groups excluding carboxylic acids is 10.